The van der Waals surface area contributed by atoms with Gasteiger partial charge in [-0.2, -0.15) is 0 Å². The van der Waals surface area contributed by atoms with Crippen molar-refractivity contribution in [3.63, 3.8) is 0 Å². The minimum absolute atomic E-state index is 0.159. The van der Waals surface area contributed by atoms with Crippen LogP contribution in [0.5, 0.6) is 0 Å². The van der Waals surface area contributed by atoms with Gasteiger partial charge in [0.25, 0.3) is 0 Å². The minimum Gasteiger partial charge on any atom is -0.379 e. The second kappa shape index (κ2) is 6.74. The number of rotatable bonds is 6. The zero-order valence-electron chi connectivity index (χ0n) is 8.71. The number of morpholine rings is 1. The van der Waals surface area contributed by atoms with Crippen LogP contribution in [0.3, 0.4) is 0 Å². The summed E-state index contributed by atoms with van der Waals surface area (Å²) in [4.78, 5) is 13.3. The third-order valence-corrected chi connectivity index (χ3v) is 2.48. The molecular formula is C11H19NO2. The number of hydrogen-bond acceptors (Lipinski definition) is 3. The summed E-state index contributed by atoms with van der Waals surface area (Å²) in [6, 6.07) is 0. The van der Waals surface area contributed by atoms with Gasteiger partial charge in [-0.05, 0) is 25.5 Å². The van der Waals surface area contributed by atoms with Crippen LogP contribution in [0.1, 0.15) is 19.3 Å². The van der Waals surface area contributed by atoms with Gasteiger partial charge in [-0.3, -0.25) is 9.69 Å². The molecule has 14 heavy (non-hydrogen) atoms. The Labute approximate surface area is 85.7 Å². The maximum Gasteiger partial charge on any atom is 0.155 e. The van der Waals surface area contributed by atoms with E-state index in [2.05, 4.69) is 11.5 Å². The third-order valence-electron chi connectivity index (χ3n) is 2.48. The normalized spacial score (nSPS) is 18.0. The van der Waals surface area contributed by atoms with Crippen LogP contribution in [-0.2, 0) is 9.53 Å². The molecule has 0 radical (unpaired) electrons. The lowest BCUT2D eigenvalue weighted by Crippen LogP contribution is -2.36. The Hall–Kier alpha value is -0.670. The van der Waals surface area contributed by atoms with E-state index in [0.29, 0.717) is 6.42 Å². The molecule has 1 aliphatic rings. The number of allylic oxidation sites excluding steroid dienone is 1. The highest BCUT2D eigenvalue weighted by atomic mass is 16.5. The van der Waals surface area contributed by atoms with Crippen LogP contribution in [0.25, 0.3) is 0 Å². The number of carbonyl (C=O) groups excluding carboxylic acids is 1. The molecule has 0 saturated carbocycles. The zero-order valence-corrected chi connectivity index (χ0v) is 8.71. The van der Waals surface area contributed by atoms with Crippen molar-refractivity contribution in [2.24, 2.45) is 0 Å². The molecule has 1 rings (SSSR count). The standard InChI is InChI=1S/C11H19NO2/c1-2-11(13)5-3-4-6-12-7-9-14-10-8-12/h2H,1,3-10H2. The molecule has 0 spiro atoms. The highest BCUT2D eigenvalue weighted by molar-refractivity contribution is 5.88. The fourth-order valence-corrected chi connectivity index (χ4v) is 1.56. The average Bonchev–Trinajstić information content (AvgIpc) is 2.25. The first kappa shape index (κ1) is 11.4. The van der Waals surface area contributed by atoms with Crippen LogP contribution in [0, 0.1) is 0 Å². The van der Waals surface area contributed by atoms with Gasteiger partial charge in [0.05, 0.1) is 13.2 Å². The Morgan fingerprint density at radius 2 is 2.07 bits per heavy atom. The molecule has 1 saturated heterocycles. The largest absolute Gasteiger partial charge is 0.379 e. The number of hydrogen-bond donors (Lipinski definition) is 0. The van der Waals surface area contributed by atoms with Crippen molar-refractivity contribution in [2.45, 2.75) is 19.3 Å². The van der Waals surface area contributed by atoms with Crippen LogP contribution in [0.2, 0.25) is 0 Å². The molecule has 0 bridgehead atoms. The molecule has 3 nitrogen and oxygen atoms in total. The lowest BCUT2D eigenvalue weighted by Gasteiger charge is -2.26. The van der Waals surface area contributed by atoms with Gasteiger partial charge < -0.3 is 4.74 Å². The summed E-state index contributed by atoms with van der Waals surface area (Å²) >= 11 is 0. The summed E-state index contributed by atoms with van der Waals surface area (Å²) < 4.78 is 5.25. The van der Waals surface area contributed by atoms with Crippen molar-refractivity contribution in [1.82, 2.24) is 4.90 Å². The van der Waals surface area contributed by atoms with Crippen molar-refractivity contribution < 1.29 is 9.53 Å². The maximum absolute atomic E-state index is 10.9. The van der Waals surface area contributed by atoms with E-state index >= 15 is 0 Å². The Kier molecular flexibility index (Phi) is 5.49. The Balaban J connectivity index is 1.97. The first-order valence-corrected chi connectivity index (χ1v) is 5.28. The summed E-state index contributed by atoms with van der Waals surface area (Å²) in [5.74, 6) is 0.159. The zero-order chi connectivity index (χ0) is 10.2. The van der Waals surface area contributed by atoms with Gasteiger partial charge in [-0.25, -0.2) is 0 Å². The van der Waals surface area contributed by atoms with Gasteiger partial charge >= 0.3 is 0 Å². The monoisotopic (exact) mass is 197 g/mol. The fourth-order valence-electron chi connectivity index (χ4n) is 1.56. The van der Waals surface area contributed by atoms with Gasteiger partial charge in [0.2, 0.25) is 0 Å². The van der Waals surface area contributed by atoms with E-state index in [0.717, 1.165) is 45.7 Å². The van der Waals surface area contributed by atoms with E-state index < -0.39 is 0 Å². The van der Waals surface area contributed by atoms with E-state index in [1.54, 1.807) is 0 Å². The number of nitrogens with zero attached hydrogens (tertiary/aromatic N) is 1. The Morgan fingerprint density at radius 3 is 2.71 bits per heavy atom. The van der Waals surface area contributed by atoms with Gasteiger partial charge in [-0.1, -0.05) is 6.58 Å². The summed E-state index contributed by atoms with van der Waals surface area (Å²) in [6.45, 7) is 8.32. The molecule has 1 fully saturated rings. The third kappa shape index (κ3) is 4.53. The van der Waals surface area contributed by atoms with Crippen LogP contribution in [0.4, 0.5) is 0 Å². The average molecular weight is 197 g/mol. The quantitative estimate of drug-likeness (QED) is 0.474. The first-order valence-electron chi connectivity index (χ1n) is 5.28. The molecule has 0 aromatic carbocycles. The molecule has 1 heterocycles. The number of unbranched alkanes of at least 4 members (excludes halogenated alkanes) is 1. The molecule has 0 aromatic heterocycles. The minimum atomic E-state index is 0.159. The smallest absolute Gasteiger partial charge is 0.155 e. The van der Waals surface area contributed by atoms with Crippen molar-refractivity contribution in [3.05, 3.63) is 12.7 Å². The van der Waals surface area contributed by atoms with Gasteiger partial charge in [-0.15, -0.1) is 0 Å². The Bertz CT molecular complexity index is 186. The summed E-state index contributed by atoms with van der Waals surface area (Å²) in [7, 11) is 0. The van der Waals surface area contributed by atoms with Gasteiger partial charge in [0.1, 0.15) is 0 Å². The van der Waals surface area contributed by atoms with E-state index in [4.69, 9.17) is 4.74 Å². The molecule has 0 aromatic rings. The van der Waals surface area contributed by atoms with Crippen molar-refractivity contribution in [3.8, 4) is 0 Å². The molecule has 1 aliphatic heterocycles. The molecule has 3 heteroatoms. The van der Waals surface area contributed by atoms with Crippen LogP contribution in [0.15, 0.2) is 12.7 Å². The lowest BCUT2D eigenvalue weighted by molar-refractivity contribution is -0.114. The van der Waals surface area contributed by atoms with Crippen LogP contribution in [-0.4, -0.2) is 43.5 Å². The topological polar surface area (TPSA) is 29.5 Å². The predicted molar refractivity (Wildman–Crippen MR) is 56.3 cm³/mol. The van der Waals surface area contributed by atoms with Crippen molar-refractivity contribution in [1.29, 1.82) is 0 Å². The summed E-state index contributed by atoms with van der Waals surface area (Å²) in [5.41, 5.74) is 0. The van der Waals surface area contributed by atoms with E-state index in [-0.39, 0.29) is 5.78 Å². The SMILES string of the molecule is C=CC(=O)CCCCN1CCOCC1. The fraction of sp³-hybridized carbons (Fsp3) is 0.727. The van der Waals surface area contributed by atoms with E-state index in [1.807, 2.05) is 0 Å². The molecule has 0 aliphatic carbocycles. The molecule has 0 atom stereocenters. The maximum atomic E-state index is 10.9. The summed E-state index contributed by atoms with van der Waals surface area (Å²) in [5, 5.41) is 0. The molecule has 0 N–H and O–H groups in total. The highest BCUT2D eigenvalue weighted by Gasteiger charge is 2.09. The molecular weight excluding hydrogens is 178 g/mol. The van der Waals surface area contributed by atoms with Crippen molar-refractivity contribution >= 4 is 5.78 Å². The Morgan fingerprint density at radius 1 is 1.36 bits per heavy atom. The number of carbonyl (C=O) groups is 1. The van der Waals surface area contributed by atoms with E-state index in [9.17, 15) is 4.79 Å². The van der Waals surface area contributed by atoms with Crippen molar-refractivity contribution in [2.75, 3.05) is 32.8 Å². The first-order chi connectivity index (χ1) is 6.83. The van der Waals surface area contributed by atoms with Gasteiger partial charge in [0.15, 0.2) is 5.78 Å². The molecule has 0 amide bonds. The predicted octanol–water partition coefficient (Wildman–Crippen LogP) is 1.24. The number of ether oxygens (including phenoxy) is 1. The molecule has 80 valence electrons. The highest BCUT2D eigenvalue weighted by Crippen LogP contribution is 2.02. The second-order valence-corrected chi connectivity index (χ2v) is 3.58. The van der Waals surface area contributed by atoms with Crippen LogP contribution < -0.4 is 0 Å². The number of ketones is 1. The second-order valence-electron chi connectivity index (χ2n) is 3.58. The lowest BCUT2D eigenvalue weighted by atomic mass is 10.1. The summed E-state index contributed by atoms with van der Waals surface area (Å²) in [6.07, 6.45) is 4.13. The van der Waals surface area contributed by atoms with E-state index in [1.165, 1.54) is 6.08 Å². The van der Waals surface area contributed by atoms with Gasteiger partial charge in [0, 0.05) is 19.5 Å². The van der Waals surface area contributed by atoms with Crippen LogP contribution >= 0.6 is 0 Å². The molecule has 0 unspecified atom stereocenters.